The number of guanidine groups is 1. The number of ether oxygens (including phenoxy) is 1. The number of nitrogens with two attached hydrogens (primary N) is 1. The predicted molar refractivity (Wildman–Crippen MR) is 182 cm³/mol. The van der Waals surface area contributed by atoms with Crippen LogP contribution in [0.1, 0.15) is 71.2 Å². The largest absolute Gasteiger partial charge is 0.463 e. The van der Waals surface area contributed by atoms with Crippen LogP contribution in [0.15, 0.2) is 72.2 Å². The molecule has 3 atom stereocenters. The lowest BCUT2D eigenvalue weighted by molar-refractivity contribution is -0.150. The van der Waals surface area contributed by atoms with Crippen LogP contribution in [-0.2, 0) is 19.9 Å². The summed E-state index contributed by atoms with van der Waals surface area (Å²) in [5.74, 6) is -1.65. The van der Waals surface area contributed by atoms with Crippen molar-refractivity contribution in [1.82, 2.24) is 29.6 Å². The zero-order valence-electron chi connectivity index (χ0n) is 28.5. The quantitative estimate of drug-likeness (QED) is 0.115. The summed E-state index contributed by atoms with van der Waals surface area (Å²) < 4.78 is 63.5. The van der Waals surface area contributed by atoms with Crippen molar-refractivity contribution in [3.8, 4) is 22.8 Å². The molecule has 51 heavy (non-hydrogen) atoms. The van der Waals surface area contributed by atoms with E-state index in [9.17, 15) is 22.8 Å². The van der Waals surface area contributed by atoms with E-state index >= 15 is 4.39 Å². The third-order valence-corrected chi connectivity index (χ3v) is 9.08. The number of aromatic nitrogens is 5. The Kier molecular flexibility index (Phi) is 10.5. The lowest BCUT2D eigenvalue weighted by Gasteiger charge is -2.34. The summed E-state index contributed by atoms with van der Waals surface area (Å²) in [7, 11) is 0. The molecule has 4 aromatic rings. The van der Waals surface area contributed by atoms with Gasteiger partial charge in [-0.15, -0.1) is 0 Å². The molecule has 0 radical (unpaired) electrons. The first-order valence-corrected chi connectivity index (χ1v) is 16.3. The van der Waals surface area contributed by atoms with Gasteiger partial charge in [-0.1, -0.05) is 55.8 Å². The number of hydrogen-bond donors (Lipinski definition) is 1. The van der Waals surface area contributed by atoms with Gasteiger partial charge in [0.15, 0.2) is 23.1 Å². The maximum atomic E-state index is 15.6. The highest BCUT2D eigenvalue weighted by molar-refractivity contribution is 6.33. The lowest BCUT2D eigenvalue weighted by Crippen LogP contribution is -2.48. The Hall–Kier alpha value is -4.92. The maximum absolute atomic E-state index is 15.6. The zero-order valence-corrected chi connectivity index (χ0v) is 29.3. The average Bonchev–Trinajstić information content (AvgIpc) is 3.65. The number of carbonyl (C=O) groups is 2. The highest BCUT2D eigenvalue weighted by atomic mass is 35.5. The van der Waals surface area contributed by atoms with Gasteiger partial charge in [-0.2, -0.15) is 18.6 Å². The summed E-state index contributed by atoms with van der Waals surface area (Å²) in [5.41, 5.74) is 2.87. The van der Waals surface area contributed by atoms with Gasteiger partial charge in [-0.25, -0.2) is 28.7 Å². The molecule has 2 N–H and O–H groups in total. The number of benzene rings is 2. The second kappa shape index (κ2) is 14.4. The van der Waals surface area contributed by atoms with Crippen LogP contribution in [0.25, 0.3) is 22.8 Å². The number of alkyl halides is 4. The molecule has 3 heterocycles. The molecule has 11 nitrogen and oxygen atoms in total. The first-order valence-electron chi connectivity index (χ1n) is 16.0. The van der Waals surface area contributed by atoms with Crippen molar-refractivity contribution < 1.29 is 31.9 Å². The van der Waals surface area contributed by atoms with Crippen LogP contribution in [0.3, 0.4) is 0 Å². The molecule has 1 amide bonds. The van der Waals surface area contributed by atoms with E-state index in [4.69, 9.17) is 22.1 Å². The molecule has 1 aliphatic rings. The van der Waals surface area contributed by atoms with E-state index in [0.29, 0.717) is 21.6 Å². The smallest absolute Gasteiger partial charge is 0.335 e. The molecule has 16 heteroatoms. The van der Waals surface area contributed by atoms with Gasteiger partial charge in [0, 0.05) is 35.4 Å². The van der Waals surface area contributed by atoms with Gasteiger partial charge in [0.2, 0.25) is 0 Å². The molecule has 270 valence electrons. The fourth-order valence-electron chi connectivity index (χ4n) is 5.82. The normalized spacial score (nSPS) is 17.8. The lowest BCUT2D eigenvalue weighted by atomic mass is 9.80. The number of hydrogen-bond acceptors (Lipinski definition) is 9. The van der Waals surface area contributed by atoms with Crippen molar-refractivity contribution in [2.24, 2.45) is 16.1 Å². The molecule has 0 saturated carbocycles. The van der Waals surface area contributed by atoms with Crippen LogP contribution < -0.4 is 5.73 Å². The Labute approximate surface area is 296 Å². The summed E-state index contributed by atoms with van der Waals surface area (Å²) in [6.45, 7) is 3.51. The Morgan fingerprint density at radius 1 is 1.04 bits per heavy atom. The monoisotopic (exact) mass is 728 g/mol. The van der Waals surface area contributed by atoms with E-state index in [-0.39, 0.29) is 34.4 Å². The first-order chi connectivity index (χ1) is 23.9. The first kappa shape index (κ1) is 37.3. The van der Waals surface area contributed by atoms with E-state index in [0.717, 1.165) is 11.2 Å². The number of carbonyl (C=O) groups excluding carboxylic acids is 2. The third kappa shape index (κ3) is 7.87. The molecule has 1 unspecified atom stereocenters. The van der Waals surface area contributed by atoms with Gasteiger partial charge in [-0.3, -0.25) is 14.5 Å². The number of esters is 1. The highest BCUT2D eigenvalue weighted by Gasteiger charge is 2.54. The van der Waals surface area contributed by atoms with Crippen molar-refractivity contribution in [2.45, 2.75) is 77.4 Å². The van der Waals surface area contributed by atoms with Crippen molar-refractivity contribution >= 4 is 29.4 Å². The van der Waals surface area contributed by atoms with Crippen LogP contribution >= 0.6 is 11.6 Å². The van der Waals surface area contributed by atoms with Crippen LogP contribution in [0.4, 0.5) is 17.6 Å². The highest BCUT2D eigenvalue weighted by Crippen LogP contribution is 2.44. The number of aliphatic imine (C=N–C) groups is 1. The third-order valence-electron chi connectivity index (χ3n) is 8.75. The van der Waals surface area contributed by atoms with E-state index in [1.165, 1.54) is 39.0 Å². The van der Waals surface area contributed by atoms with Crippen molar-refractivity contribution in [3.05, 3.63) is 83.4 Å². The molecular weight excluding hydrogens is 692 g/mol. The number of amides is 1. The molecular formula is C35H37ClF4N8O3. The van der Waals surface area contributed by atoms with Crippen LogP contribution in [0, 0.1) is 5.41 Å². The molecule has 1 aliphatic heterocycles. The molecule has 0 saturated heterocycles. The average molecular weight is 729 g/mol. The maximum Gasteiger partial charge on any atom is 0.335 e. The van der Waals surface area contributed by atoms with Gasteiger partial charge in [0.1, 0.15) is 24.8 Å². The van der Waals surface area contributed by atoms with Gasteiger partial charge < -0.3 is 10.5 Å². The van der Waals surface area contributed by atoms with Crippen LogP contribution in [0.2, 0.25) is 5.02 Å². The number of nitrogens with zero attached hydrogens (tertiary/aromatic N) is 7. The summed E-state index contributed by atoms with van der Waals surface area (Å²) in [4.78, 5) is 45.9. The molecule has 0 fully saturated rings. The summed E-state index contributed by atoms with van der Waals surface area (Å²) in [5, 5.41) is 3.61. The number of halogens is 5. The van der Waals surface area contributed by atoms with Crippen LogP contribution in [0.5, 0.6) is 0 Å². The van der Waals surface area contributed by atoms with Crippen molar-refractivity contribution in [2.75, 3.05) is 6.61 Å². The minimum Gasteiger partial charge on any atom is -0.463 e. The minimum atomic E-state index is -3.05. The van der Waals surface area contributed by atoms with Gasteiger partial charge >= 0.3 is 12.5 Å². The minimum absolute atomic E-state index is 0.0349. The molecule has 2 aromatic heterocycles. The predicted octanol–water partition coefficient (Wildman–Crippen LogP) is 7.00. The summed E-state index contributed by atoms with van der Waals surface area (Å²) >= 11 is 6.44. The second-order valence-electron chi connectivity index (χ2n) is 13.6. The molecule has 5 rings (SSSR count). The van der Waals surface area contributed by atoms with E-state index in [1.54, 1.807) is 56.6 Å². The Morgan fingerprint density at radius 3 is 2.31 bits per heavy atom. The Balaban J connectivity index is 1.59. The van der Waals surface area contributed by atoms with Gasteiger partial charge in [0.05, 0.1) is 17.5 Å². The summed E-state index contributed by atoms with van der Waals surface area (Å²) in [6.07, 6.45) is 2.04. The van der Waals surface area contributed by atoms with E-state index in [2.05, 4.69) is 25.0 Å². The summed E-state index contributed by atoms with van der Waals surface area (Å²) in [6, 6.07) is 11.3. The van der Waals surface area contributed by atoms with Crippen molar-refractivity contribution in [1.29, 1.82) is 0 Å². The fraction of sp³-hybridized carbons (Fsp3) is 0.400. The van der Waals surface area contributed by atoms with E-state index in [1.807, 2.05) is 0 Å². The SMILES string of the molecule is CC(F)C(C)(C)CC(=O)OC[C@H](c1ccc(Cl)c(-c2ncnn2C(F)F)c1)N1C(=O)[C@@](CC(C)(C)F)(c2ccc(-c3ncccn3)cc2)N=C1N. The van der Waals surface area contributed by atoms with E-state index < -0.39 is 60.3 Å². The molecule has 0 aliphatic carbocycles. The van der Waals surface area contributed by atoms with Gasteiger partial charge in [-0.05, 0) is 50.1 Å². The van der Waals surface area contributed by atoms with Crippen molar-refractivity contribution in [3.63, 3.8) is 0 Å². The topological polar surface area (TPSA) is 141 Å². The molecule has 2 aromatic carbocycles. The molecule has 0 spiro atoms. The fourth-order valence-corrected chi connectivity index (χ4v) is 6.02. The zero-order chi connectivity index (χ0) is 37.3. The number of rotatable bonds is 13. The Bertz CT molecular complexity index is 1920. The standard InChI is InChI=1S/C35H37ClF4N8O3/c1-20(37)33(2,3)16-27(49)51-17-26(22-9-12-25(36)24(15-22)29-44-19-45-48(29)31(38)39)47-30(50)35(46-32(47)41,18-34(4,5)40)23-10-7-21(8-11-23)28-42-13-6-14-43-28/h6-15,19-20,26,31H,16-18H2,1-5H3,(H2,41,46)/t20?,26-,35-/m1/s1. The molecule has 0 bridgehead atoms. The second-order valence-corrected chi connectivity index (χ2v) is 14.0. The van der Waals surface area contributed by atoms with Gasteiger partial charge in [0.25, 0.3) is 5.91 Å². The Morgan fingerprint density at radius 2 is 1.71 bits per heavy atom. The van der Waals surface area contributed by atoms with Crippen LogP contribution in [-0.4, -0.2) is 65.9 Å².